The smallest absolute Gasteiger partial charge is 0.179 e. The molecule has 1 aromatic rings. The van der Waals surface area contributed by atoms with Crippen LogP contribution in [0.5, 0.6) is 0 Å². The number of hydrogen-bond donors (Lipinski definition) is 0. The fraction of sp³-hybridized carbons (Fsp3) is 0.467. The highest BCUT2D eigenvalue weighted by molar-refractivity contribution is 7.12. The molecular weight excluding hydrogens is 244 g/mol. The molecular formula is C15H16O2S. The van der Waals surface area contributed by atoms with Gasteiger partial charge in [0.1, 0.15) is 0 Å². The summed E-state index contributed by atoms with van der Waals surface area (Å²) in [4.78, 5) is 25.2. The van der Waals surface area contributed by atoms with Gasteiger partial charge < -0.3 is 0 Å². The van der Waals surface area contributed by atoms with Gasteiger partial charge in [0.25, 0.3) is 0 Å². The third kappa shape index (κ3) is 1.53. The molecule has 2 nitrogen and oxygen atoms in total. The van der Waals surface area contributed by atoms with Crippen LogP contribution in [0.2, 0.25) is 0 Å². The Bertz CT molecular complexity index is 579. The Balaban J connectivity index is 1.99. The maximum Gasteiger partial charge on any atom is 0.179 e. The molecule has 0 aromatic carbocycles. The van der Waals surface area contributed by atoms with Crippen molar-refractivity contribution in [3.8, 4) is 0 Å². The van der Waals surface area contributed by atoms with Gasteiger partial charge in [-0.25, -0.2) is 0 Å². The molecule has 0 aliphatic heterocycles. The van der Waals surface area contributed by atoms with E-state index in [0.717, 1.165) is 29.7 Å². The zero-order chi connectivity index (χ0) is 12.9. The van der Waals surface area contributed by atoms with Crippen molar-refractivity contribution in [2.45, 2.75) is 39.5 Å². The standard InChI is InChI=1S/C15H16O2S/c1-9-3-5-15(8-12(9)10(2)16)7-11-4-6-18-13(11)14(15)17/h4,6H,3,5,7-8H2,1-2H3. The molecule has 1 unspecified atom stereocenters. The number of rotatable bonds is 1. The Labute approximate surface area is 111 Å². The topological polar surface area (TPSA) is 34.1 Å². The van der Waals surface area contributed by atoms with Gasteiger partial charge in [-0.1, -0.05) is 5.57 Å². The Hall–Kier alpha value is -1.22. The maximum absolute atomic E-state index is 12.6. The highest BCUT2D eigenvalue weighted by atomic mass is 32.1. The summed E-state index contributed by atoms with van der Waals surface area (Å²) in [7, 11) is 0. The minimum absolute atomic E-state index is 0.134. The van der Waals surface area contributed by atoms with Crippen LogP contribution in [0.1, 0.15) is 48.3 Å². The summed E-state index contributed by atoms with van der Waals surface area (Å²) < 4.78 is 0. The first-order valence-corrected chi connectivity index (χ1v) is 7.22. The van der Waals surface area contributed by atoms with Crippen molar-refractivity contribution in [3.63, 3.8) is 0 Å². The molecule has 0 N–H and O–H groups in total. The third-order valence-corrected chi connectivity index (χ3v) is 5.35. The van der Waals surface area contributed by atoms with E-state index in [0.29, 0.717) is 6.42 Å². The fourth-order valence-electron chi connectivity index (χ4n) is 3.28. The van der Waals surface area contributed by atoms with Gasteiger partial charge in [0.05, 0.1) is 4.88 Å². The molecule has 0 saturated heterocycles. The SMILES string of the molecule is CC(=O)C1=C(C)CCC2(C1)Cc1ccsc1C2=O. The average molecular weight is 260 g/mol. The Morgan fingerprint density at radius 1 is 1.39 bits per heavy atom. The van der Waals surface area contributed by atoms with Crippen LogP contribution in [-0.2, 0) is 11.2 Å². The molecule has 18 heavy (non-hydrogen) atoms. The van der Waals surface area contributed by atoms with Crippen molar-refractivity contribution in [1.29, 1.82) is 0 Å². The van der Waals surface area contributed by atoms with E-state index < -0.39 is 0 Å². The predicted octanol–water partition coefficient (Wildman–Crippen LogP) is 3.56. The molecule has 3 rings (SSSR count). The molecule has 1 heterocycles. The second kappa shape index (κ2) is 3.89. The minimum atomic E-state index is -0.303. The van der Waals surface area contributed by atoms with Gasteiger partial charge in [-0.05, 0) is 62.1 Å². The van der Waals surface area contributed by atoms with Crippen LogP contribution in [0.15, 0.2) is 22.6 Å². The lowest BCUT2D eigenvalue weighted by Gasteiger charge is -2.33. The zero-order valence-electron chi connectivity index (χ0n) is 10.7. The minimum Gasteiger partial charge on any atom is -0.295 e. The summed E-state index contributed by atoms with van der Waals surface area (Å²) in [6.07, 6.45) is 3.26. The third-order valence-electron chi connectivity index (χ3n) is 4.40. The lowest BCUT2D eigenvalue weighted by molar-refractivity contribution is -0.114. The molecule has 94 valence electrons. The summed E-state index contributed by atoms with van der Waals surface area (Å²) in [6.45, 7) is 3.64. The number of Topliss-reactive ketones (excluding diaryl/α,β-unsaturated/α-hetero) is 2. The van der Waals surface area contributed by atoms with Crippen LogP contribution in [0, 0.1) is 5.41 Å². The van der Waals surface area contributed by atoms with E-state index in [1.165, 1.54) is 11.1 Å². The van der Waals surface area contributed by atoms with Crippen LogP contribution in [-0.4, -0.2) is 11.6 Å². The van der Waals surface area contributed by atoms with Crippen LogP contribution in [0.25, 0.3) is 0 Å². The number of ketones is 2. The molecule has 0 amide bonds. The molecule has 2 aliphatic carbocycles. The van der Waals surface area contributed by atoms with Gasteiger partial charge in [-0.3, -0.25) is 9.59 Å². The van der Waals surface area contributed by atoms with Crippen LogP contribution < -0.4 is 0 Å². The predicted molar refractivity (Wildman–Crippen MR) is 72.0 cm³/mol. The highest BCUT2D eigenvalue weighted by Crippen LogP contribution is 2.50. The number of carbonyl (C=O) groups is 2. The van der Waals surface area contributed by atoms with Crippen molar-refractivity contribution in [3.05, 3.63) is 33.0 Å². The molecule has 0 saturated carbocycles. The lowest BCUT2D eigenvalue weighted by atomic mass is 9.69. The monoisotopic (exact) mass is 260 g/mol. The molecule has 1 atom stereocenters. The Morgan fingerprint density at radius 3 is 2.83 bits per heavy atom. The Morgan fingerprint density at radius 2 is 2.17 bits per heavy atom. The second-order valence-corrected chi connectivity index (χ2v) is 6.47. The summed E-state index contributed by atoms with van der Waals surface area (Å²) in [5, 5.41) is 1.99. The summed E-state index contributed by atoms with van der Waals surface area (Å²) in [5.41, 5.74) is 2.96. The van der Waals surface area contributed by atoms with E-state index in [1.54, 1.807) is 18.3 Å². The van der Waals surface area contributed by atoms with Gasteiger partial charge in [0.15, 0.2) is 11.6 Å². The largest absolute Gasteiger partial charge is 0.295 e. The van der Waals surface area contributed by atoms with Crippen molar-refractivity contribution in [1.82, 2.24) is 0 Å². The number of thiophene rings is 1. The lowest BCUT2D eigenvalue weighted by Crippen LogP contribution is -2.32. The highest BCUT2D eigenvalue weighted by Gasteiger charge is 2.48. The first-order chi connectivity index (χ1) is 8.53. The Kier molecular flexibility index (Phi) is 2.56. The van der Waals surface area contributed by atoms with Crippen LogP contribution in [0.3, 0.4) is 0 Å². The second-order valence-electron chi connectivity index (χ2n) is 5.55. The quantitative estimate of drug-likeness (QED) is 0.773. The van der Waals surface area contributed by atoms with E-state index in [4.69, 9.17) is 0 Å². The number of fused-ring (bicyclic) bond motifs is 1. The zero-order valence-corrected chi connectivity index (χ0v) is 11.5. The normalized spacial score (nSPS) is 26.9. The molecule has 1 aromatic heterocycles. The van der Waals surface area contributed by atoms with Crippen molar-refractivity contribution >= 4 is 22.9 Å². The fourth-order valence-corrected chi connectivity index (χ4v) is 4.27. The van der Waals surface area contributed by atoms with Crippen molar-refractivity contribution < 1.29 is 9.59 Å². The average Bonchev–Trinajstić information content (AvgIpc) is 2.86. The molecule has 2 aliphatic rings. The van der Waals surface area contributed by atoms with E-state index >= 15 is 0 Å². The maximum atomic E-state index is 12.6. The number of allylic oxidation sites excluding steroid dienone is 2. The first kappa shape index (κ1) is 11.8. The van der Waals surface area contributed by atoms with Gasteiger partial charge in [-0.2, -0.15) is 0 Å². The van der Waals surface area contributed by atoms with Gasteiger partial charge in [-0.15, -0.1) is 11.3 Å². The van der Waals surface area contributed by atoms with Gasteiger partial charge >= 0.3 is 0 Å². The van der Waals surface area contributed by atoms with E-state index in [1.807, 2.05) is 12.3 Å². The molecule has 0 fully saturated rings. The molecule has 0 radical (unpaired) electrons. The molecule has 0 bridgehead atoms. The summed E-state index contributed by atoms with van der Waals surface area (Å²) in [6, 6.07) is 2.06. The van der Waals surface area contributed by atoms with Crippen LogP contribution >= 0.6 is 11.3 Å². The number of hydrogen-bond acceptors (Lipinski definition) is 3. The molecule has 1 spiro atoms. The first-order valence-electron chi connectivity index (χ1n) is 6.34. The molecule has 3 heteroatoms. The van der Waals surface area contributed by atoms with E-state index in [9.17, 15) is 9.59 Å². The summed E-state index contributed by atoms with van der Waals surface area (Å²) in [5.74, 6) is 0.411. The van der Waals surface area contributed by atoms with Gasteiger partial charge in [0.2, 0.25) is 0 Å². The van der Waals surface area contributed by atoms with Gasteiger partial charge in [0, 0.05) is 5.41 Å². The number of carbonyl (C=O) groups excluding carboxylic acids is 2. The van der Waals surface area contributed by atoms with Crippen molar-refractivity contribution in [2.24, 2.45) is 5.41 Å². The van der Waals surface area contributed by atoms with Crippen LogP contribution in [0.4, 0.5) is 0 Å². The summed E-state index contributed by atoms with van der Waals surface area (Å²) >= 11 is 1.55. The van der Waals surface area contributed by atoms with E-state index in [2.05, 4.69) is 6.07 Å². The van der Waals surface area contributed by atoms with E-state index in [-0.39, 0.29) is 17.0 Å². The van der Waals surface area contributed by atoms with Crippen molar-refractivity contribution in [2.75, 3.05) is 0 Å².